The molecule has 0 amide bonds. The minimum absolute atomic E-state index is 0. The Morgan fingerprint density at radius 2 is 2.00 bits per heavy atom. The van der Waals surface area contributed by atoms with E-state index in [0.717, 1.165) is 51.0 Å². The lowest BCUT2D eigenvalue weighted by atomic mass is 9.80. The van der Waals surface area contributed by atoms with Crippen molar-refractivity contribution in [3.63, 3.8) is 0 Å². The number of aromatic nitrogens is 1. The Balaban J connectivity index is 0.00000261. The number of halogens is 1. The first-order valence-corrected chi connectivity index (χ1v) is 10.9. The molecule has 0 aromatic carbocycles. The van der Waals surface area contributed by atoms with E-state index < -0.39 is 0 Å². The van der Waals surface area contributed by atoms with Crippen LogP contribution in [0.5, 0.6) is 0 Å². The van der Waals surface area contributed by atoms with Gasteiger partial charge in [0.2, 0.25) is 0 Å². The maximum atomic E-state index is 5.59. The van der Waals surface area contributed by atoms with Gasteiger partial charge < -0.3 is 15.4 Å². The number of hydrogen-bond acceptors (Lipinski definition) is 5. The molecule has 27 heavy (non-hydrogen) atoms. The largest absolute Gasteiger partial charge is 0.379 e. The maximum Gasteiger partial charge on any atom is 0.191 e. The van der Waals surface area contributed by atoms with Crippen LogP contribution in [-0.2, 0) is 11.3 Å². The number of rotatable bonds is 6. The average molecular weight is 507 g/mol. The third-order valence-corrected chi connectivity index (χ3v) is 6.54. The molecule has 1 saturated heterocycles. The predicted octanol–water partition coefficient (Wildman–Crippen LogP) is 3.16. The minimum atomic E-state index is 0. The number of aliphatic imine (C=N–C) groups is 1. The highest BCUT2D eigenvalue weighted by Crippen LogP contribution is 2.33. The lowest BCUT2D eigenvalue weighted by molar-refractivity contribution is -0.0352. The van der Waals surface area contributed by atoms with E-state index in [9.17, 15) is 0 Å². The smallest absolute Gasteiger partial charge is 0.191 e. The zero-order valence-corrected chi connectivity index (χ0v) is 19.8. The number of aryl methyl sites for hydroxylation is 1. The topological polar surface area (TPSA) is 61.8 Å². The van der Waals surface area contributed by atoms with Gasteiger partial charge in [-0.25, -0.2) is 9.98 Å². The summed E-state index contributed by atoms with van der Waals surface area (Å²) < 4.78 is 5.59. The van der Waals surface area contributed by atoms with E-state index in [4.69, 9.17) is 9.73 Å². The average Bonchev–Trinajstić information content (AvgIpc) is 3.10. The van der Waals surface area contributed by atoms with E-state index in [-0.39, 0.29) is 29.5 Å². The van der Waals surface area contributed by atoms with Crippen molar-refractivity contribution in [2.45, 2.75) is 58.0 Å². The van der Waals surface area contributed by atoms with Crippen molar-refractivity contribution in [3.05, 3.63) is 16.1 Å². The summed E-state index contributed by atoms with van der Waals surface area (Å²) >= 11 is 1.68. The molecule has 0 unspecified atom stereocenters. The Kier molecular flexibility index (Phi) is 9.75. The van der Waals surface area contributed by atoms with E-state index in [2.05, 4.69) is 34.4 Å². The van der Waals surface area contributed by atoms with Crippen LogP contribution in [0.25, 0.3) is 0 Å². The van der Waals surface area contributed by atoms with Gasteiger partial charge in [-0.1, -0.05) is 19.3 Å². The van der Waals surface area contributed by atoms with Gasteiger partial charge in [-0.2, -0.15) is 0 Å². The van der Waals surface area contributed by atoms with Gasteiger partial charge >= 0.3 is 0 Å². The van der Waals surface area contributed by atoms with E-state index >= 15 is 0 Å². The van der Waals surface area contributed by atoms with Gasteiger partial charge in [-0.15, -0.1) is 35.3 Å². The summed E-state index contributed by atoms with van der Waals surface area (Å²) in [6, 6.07) is 0. The maximum absolute atomic E-state index is 5.59. The number of guanidine groups is 1. The highest BCUT2D eigenvalue weighted by Gasteiger charge is 2.38. The summed E-state index contributed by atoms with van der Waals surface area (Å²) in [7, 11) is 0. The van der Waals surface area contributed by atoms with Gasteiger partial charge in [-0.05, 0) is 26.7 Å². The summed E-state index contributed by atoms with van der Waals surface area (Å²) in [5, 5.41) is 7.06. The first-order valence-electron chi connectivity index (χ1n) is 9.97. The molecule has 154 valence electrons. The SMILES string of the molecule is CCNC(=NCc1scnc1C)NCC1(N2CCOCC2)CCCCC1.I. The van der Waals surface area contributed by atoms with Gasteiger partial charge in [0.15, 0.2) is 5.96 Å². The molecule has 8 heteroatoms. The Morgan fingerprint density at radius 3 is 2.63 bits per heavy atom. The molecule has 1 aliphatic carbocycles. The monoisotopic (exact) mass is 507 g/mol. The van der Waals surface area contributed by atoms with Crippen LogP contribution in [0.4, 0.5) is 0 Å². The normalized spacial score (nSPS) is 20.7. The fourth-order valence-electron chi connectivity index (χ4n) is 4.07. The molecule has 2 N–H and O–H groups in total. The second-order valence-corrected chi connectivity index (χ2v) is 8.23. The Hall–Kier alpha value is -0.450. The third-order valence-electron chi connectivity index (χ3n) is 5.62. The Morgan fingerprint density at radius 1 is 1.26 bits per heavy atom. The van der Waals surface area contributed by atoms with E-state index in [1.54, 1.807) is 11.3 Å². The standard InChI is InChI=1S/C19H33N5OS.HI/c1-3-20-18(21-13-17-16(2)23-15-26-17)22-14-19(7-5-4-6-8-19)24-9-11-25-12-10-24;/h15H,3-14H2,1-2H3,(H2,20,21,22);1H. The van der Waals surface area contributed by atoms with E-state index in [1.807, 2.05) is 5.51 Å². The summed E-state index contributed by atoms with van der Waals surface area (Å²) in [4.78, 5) is 13.0. The molecule has 2 fully saturated rings. The van der Waals surface area contributed by atoms with Gasteiger partial charge in [0.05, 0.1) is 31.0 Å². The molecule has 0 bridgehead atoms. The van der Waals surface area contributed by atoms with E-state index in [1.165, 1.54) is 37.0 Å². The molecule has 1 aromatic rings. The van der Waals surface area contributed by atoms with Crippen LogP contribution in [0.2, 0.25) is 0 Å². The van der Waals surface area contributed by atoms with Crippen molar-refractivity contribution in [1.82, 2.24) is 20.5 Å². The van der Waals surface area contributed by atoms with Crippen LogP contribution in [0, 0.1) is 6.92 Å². The summed E-state index contributed by atoms with van der Waals surface area (Å²) in [6.45, 7) is 10.5. The van der Waals surface area contributed by atoms with Crippen molar-refractivity contribution in [3.8, 4) is 0 Å². The highest BCUT2D eigenvalue weighted by atomic mass is 127. The molecule has 1 aliphatic heterocycles. The summed E-state index contributed by atoms with van der Waals surface area (Å²) in [6.07, 6.45) is 6.56. The molecule has 6 nitrogen and oxygen atoms in total. The molecular formula is C19H34IN5OS. The van der Waals surface area contributed by atoms with Crippen LogP contribution >= 0.6 is 35.3 Å². The number of nitrogens with zero attached hydrogens (tertiary/aromatic N) is 3. The number of morpholine rings is 1. The lowest BCUT2D eigenvalue weighted by Crippen LogP contribution is -2.60. The quantitative estimate of drug-likeness (QED) is 0.352. The second-order valence-electron chi connectivity index (χ2n) is 7.29. The molecule has 1 aromatic heterocycles. The second kappa shape index (κ2) is 11.5. The number of nitrogens with one attached hydrogen (secondary N) is 2. The van der Waals surface area contributed by atoms with Gasteiger partial charge in [0.1, 0.15) is 0 Å². The lowest BCUT2D eigenvalue weighted by Gasteiger charge is -2.48. The molecule has 2 aliphatic rings. The van der Waals surface area contributed by atoms with Gasteiger partial charge in [-0.3, -0.25) is 4.90 Å². The summed E-state index contributed by atoms with van der Waals surface area (Å²) in [5.41, 5.74) is 3.24. The molecule has 2 heterocycles. The van der Waals surface area contributed by atoms with Crippen LogP contribution in [0.1, 0.15) is 49.6 Å². The van der Waals surface area contributed by atoms with Crippen molar-refractivity contribution >= 4 is 41.3 Å². The molecule has 0 spiro atoms. The molecule has 0 atom stereocenters. The summed E-state index contributed by atoms with van der Waals surface area (Å²) in [5.74, 6) is 0.915. The first-order chi connectivity index (χ1) is 12.7. The molecule has 0 radical (unpaired) electrons. The fraction of sp³-hybridized carbons (Fsp3) is 0.789. The van der Waals surface area contributed by atoms with Gasteiger partial charge in [0, 0.05) is 36.6 Å². The van der Waals surface area contributed by atoms with Crippen molar-refractivity contribution in [2.75, 3.05) is 39.4 Å². The Bertz CT molecular complexity index is 582. The molecule has 1 saturated carbocycles. The van der Waals surface area contributed by atoms with Crippen molar-refractivity contribution in [1.29, 1.82) is 0 Å². The Labute approximate surface area is 184 Å². The van der Waals surface area contributed by atoms with Crippen molar-refractivity contribution < 1.29 is 4.74 Å². The zero-order chi connectivity index (χ0) is 18.2. The van der Waals surface area contributed by atoms with E-state index in [0.29, 0.717) is 6.54 Å². The van der Waals surface area contributed by atoms with Crippen LogP contribution < -0.4 is 10.6 Å². The molecular weight excluding hydrogens is 473 g/mol. The van der Waals surface area contributed by atoms with Gasteiger partial charge in [0.25, 0.3) is 0 Å². The predicted molar refractivity (Wildman–Crippen MR) is 123 cm³/mol. The molecule has 3 rings (SSSR count). The number of hydrogen-bond donors (Lipinski definition) is 2. The first kappa shape index (κ1) is 22.8. The van der Waals surface area contributed by atoms with Crippen molar-refractivity contribution in [2.24, 2.45) is 4.99 Å². The zero-order valence-electron chi connectivity index (χ0n) is 16.6. The number of ether oxygens (including phenoxy) is 1. The fourth-order valence-corrected chi connectivity index (χ4v) is 4.77. The minimum Gasteiger partial charge on any atom is -0.379 e. The highest BCUT2D eigenvalue weighted by molar-refractivity contribution is 14.0. The van der Waals surface area contributed by atoms with Crippen LogP contribution in [0.15, 0.2) is 10.5 Å². The number of thiazole rings is 1. The van der Waals surface area contributed by atoms with Crippen LogP contribution in [-0.4, -0.2) is 60.8 Å². The third kappa shape index (κ3) is 6.27. The van der Waals surface area contributed by atoms with Crippen LogP contribution in [0.3, 0.4) is 0 Å².